The summed E-state index contributed by atoms with van der Waals surface area (Å²) in [6.07, 6.45) is 4.50. The quantitative estimate of drug-likeness (QED) is 0.727. The van der Waals surface area contributed by atoms with Gasteiger partial charge in [0.25, 0.3) is 0 Å². The molecule has 0 atom stereocenters. The van der Waals surface area contributed by atoms with E-state index in [9.17, 15) is 0 Å². The molecule has 0 spiro atoms. The highest BCUT2D eigenvalue weighted by Crippen LogP contribution is 2.22. The fraction of sp³-hybridized carbons (Fsp3) is 0.375. The van der Waals surface area contributed by atoms with E-state index in [1.807, 2.05) is 13.2 Å². The van der Waals surface area contributed by atoms with Gasteiger partial charge in [-0.05, 0) is 6.42 Å². The van der Waals surface area contributed by atoms with Crippen molar-refractivity contribution in [3.8, 4) is 10.7 Å². The molecule has 0 aliphatic heterocycles. The molecule has 4 nitrogen and oxygen atoms in total. The summed E-state index contributed by atoms with van der Waals surface area (Å²) in [5.41, 5.74) is 0. The molecule has 5 heteroatoms. The van der Waals surface area contributed by atoms with E-state index in [0.717, 1.165) is 22.1 Å². The average molecular weight is 194 g/mol. The zero-order valence-corrected chi connectivity index (χ0v) is 8.38. The van der Waals surface area contributed by atoms with Crippen LogP contribution in [0.15, 0.2) is 12.5 Å². The minimum absolute atomic E-state index is 0.764. The molecule has 13 heavy (non-hydrogen) atoms. The molecule has 0 unspecified atom stereocenters. The second-order valence-corrected chi connectivity index (χ2v) is 3.83. The molecule has 0 bridgehead atoms. The maximum Gasteiger partial charge on any atom is 0.192 e. The van der Waals surface area contributed by atoms with E-state index in [4.69, 9.17) is 0 Å². The molecule has 0 N–H and O–H groups in total. The fourth-order valence-corrected chi connectivity index (χ4v) is 1.82. The van der Waals surface area contributed by atoms with Crippen LogP contribution in [0.1, 0.15) is 11.9 Å². The minimum atomic E-state index is 0.764. The van der Waals surface area contributed by atoms with Crippen LogP contribution >= 0.6 is 11.3 Å². The number of hydrogen-bond acceptors (Lipinski definition) is 4. The first kappa shape index (κ1) is 8.37. The molecule has 0 radical (unpaired) electrons. The molecular weight excluding hydrogens is 184 g/mol. The van der Waals surface area contributed by atoms with Crippen LogP contribution in [0.5, 0.6) is 0 Å². The summed E-state index contributed by atoms with van der Waals surface area (Å²) in [6, 6.07) is 0. The third kappa shape index (κ3) is 1.60. The predicted octanol–water partition coefficient (Wildman–Crippen LogP) is 1.50. The number of aromatic nitrogens is 4. The first-order valence-corrected chi connectivity index (χ1v) is 4.92. The van der Waals surface area contributed by atoms with Crippen molar-refractivity contribution in [2.45, 2.75) is 13.3 Å². The van der Waals surface area contributed by atoms with Gasteiger partial charge in [-0.15, -0.1) is 11.3 Å². The zero-order valence-electron chi connectivity index (χ0n) is 7.56. The highest BCUT2D eigenvalue weighted by molar-refractivity contribution is 7.15. The predicted molar refractivity (Wildman–Crippen MR) is 51.5 cm³/mol. The molecule has 0 saturated heterocycles. The topological polar surface area (TPSA) is 43.6 Å². The number of aryl methyl sites for hydroxylation is 2. The van der Waals surface area contributed by atoms with E-state index in [1.54, 1.807) is 22.3 Å². The lowest BCUT2D eigenvalue weighted by atomic mass is 10.5. The maximum atomic E-state index is 4.25. The van der Waals surface area contributed by atoms with Gasteiger partial charge < -0.3 is 0 Å². The van der Waals surface area contributed by atoms with E-state index >= 15 is 0 Å². The Labute approximate surface area is 80.3 Å². The largest absolute Gasteiger partial charge is 0.255 e. The van der Waals surface area contributed by atoms with Crippen molar-refractivity contribution >= 4 is 11.3 Å². The normalized spacial score (nSPS) is 10.6. The first-order chi connectivity index (χ1) is 6.29. The molecule has 68 valence electrons. The van der Waals surface area contributed by atoms with E-state index in [1.165, 1.54) is 0 Å². The standard InChI is InChI=1S/C8H10N4S/c1-3-7-9-4-6(13-7)8-10-5-12(2)11-8/h4-5H,3H2,1-2H3. The number of thiazole rings is 1. The van der Waals surface area contributed by atoms with Gasteiger partial charge in [-0.3, -0.25) is 4.68 Å². The number of hydrogen-bond donors (Lipinski definition) is 0. The van der Waals surface area contributed by atoms with Gasteiger partial charge in [0.05, 0.1) is 9.88 Å². The van der Waals surface area contributed by atoms with Gasteiger partial charge in [-0.2, -0.15) is 5.10 Å². The van der Waals surface area contributed by atoms with Crippen LogP contribution in [0, 0.1) is 0 Å². The summed E-state index contributed by atoms with van der Waals surface area (Å²) >= 11 is 1.65. The summed E-state index contributed by atoms with van der Waals surface area (Å²) in [7, 11) is 1.86. The van der Waals surface area contributed by atoms with Gasteiger partial charge in [-0.25, -0.2) is 9.97 Å². The summed E-state index contributed by atoms with van der Waals surface area (Å²) in [6.45, 7) is 2.09. The molecule has 2 aromatic rings. The molecule has 0 saturated carbocycles. The van der Waals surface area contributed by atoms with Gasteiger partial charge in [0.15, 0.2) is 5.82 Å². The van der Waals surface area contributed by atoms with E-state index < -0.39 is 0 Å². The molecule has 0 aliphatic carbocycles. The van der Waals surface area contributed by atoms with Crippen molar-refractivity contribution in [3.63, 3.8) is 0 Å². The lowest BCUT2D eigenvalue weighted by molar-refractivity contribution is 0.768. The zero-order chi connectivity index (χ0) is 9.26. The van der Waals surface area contributed by atoms with Crippen molar-refractivity contribution in [1.29, 1.82) is 0 Å². The third-order valence-electron chi connectivity index (χ3n) is 1.68. The van der Waals surface area contributed by atoms with Gasteiger partial charge in [0, 0.05) is 13.2 Å². The van der Waals surface area contributed by atoms with E-state index in [-0.39, 0.29) is 0 Å². The van der Waals surface area contributed by atoms with Crippen molar-refractivity contribution in [3.05, 3.63) is 17.5 Å². The van der Waals surface area contributed by atoms with Gasteiger partial charge in [-0.1, -0.05) is 6.92 Å². The van der Waals surface area contributed by atoms with Gasteiger partial charge in [0.1, 0.15) is 6.33 Å². The van der Waals surface area contributed by atoms with Crippen LogP contribution in [0.25, 0.3) is 10.7 Å². The molecular formula is C8H10N4S. The molecule has 2 heterocycles. The second-order valence-electron chi connectivity index (χ2n) is 2.71. The Hall–Kier alpha value is -1.23. The molecule has 0 amide bonds. The Morgan fingerprint density at radius 1 is 1.46 bits per heavy atom. The molecule has 0 aromatic carbocycles. The Morgan fingerprint density at radius 2 is 2.31 bits per heavy atom. The molecule has 0 aliphatic rings. The Bertz CT molecular complexity index is 404. The SMILES string of the molecule is CCc1ncc(-c2ncn(C)n2)s1. The number of rotatable bonds is 2. The number of nitrogens with zero attached hydrogens (tertiary/aromatic N) is 4. The first-order valence-electron chi connectivity index (χ1n) is 4.10. The average Bonchev–Trinajstić information content (AvgIpc) is 2.71. The van der Waals surface area contributed by atoms with Crippen LogP contribution in [0.4, 0.5) is 0 Å². The highest BCUT2D eigenvalue weighted by Gasteiger charge is 2.06. The molecule has 2 aromatic heterocycles. The van der Waals surface area contributed by atoms with E-state index in [0.29, 0.717) is 0 Å². The monoisotopic (exact) mass is 194 g/mol. The fourth-order valence-electron chi connectivity index (χ4n) is 1.03. The van der Waals surface area contributed by atoms with Crippen molar-refractivity contribution in [2.24, 2.45) is 7.05 Å². The summed E-state index contributed by atoms with van der Waals surface area (Å²) in [5, 5.41) is 5.33. The van der Waals surface area contributed by atoms with Crippen molar-refractivity contribution < 1.29 is 0 Å². The highest BCUT2D eigenvalue weighted by atomic mass is 32.1. The van der Waals surface area contributed by atoms with Crippen LogP contribution in [-0.4, -0.2) is 19.7 Å². The Morgan fingerprint density at radius 3 is 2.85 bits per heavy atom. The van der Waals surface area contributed by atoms with Crippen molar-refractivity contribution in [1.82, 2.24) is 19.7 Å². The third-order valence-corrected chi connectivity index (χ3v) is 2.81. The van der Waals surface area contributed by atoms with Gasteiger partial charge >= 0.3 is 0 Å². The smallest absolute Gasteiger partial charge is 0.192 e. The van der Waals surface area contributed by atoms with Gasteiger partial charge in [0.2, 0.25) is 0 Å². The molecule has 0 fully saturated rings. The van der Waals surface area contributed by atoms with Crippen LogP contribution < -0.4 is 0 Å². The van der Waals surface area contributed by atoms with Crippen LogP contribution in [0.2, 0.25) is 0 Å². The maximum absolute atomic E-state index is 4.25. The summed E-state index contributed by atoms with van der Waals surface area (Å²) in [4.78, 5) is 9.44. The Kier molecular flexibility index (Phi) is 2.10. The van der Waals surface area contributed by atoms with Crippen LogP contribution in [0.3, 0.4) is 0 Å². The second kappa shape index (κ2) is 3.26. The minimum Gasteiger partial charge on any atom is -0.255 e. The van der Waals surface area contributed by atoms with Crippen LogP contribution in [-0.2, 0) is 13.5 Å². The lowest BCUT2D eigenvalue weighted by Gasteiger charge is -1.85. The summed E-state index contributed by atoms with van der Waals surface area (Å²) < 4.78 is 1.70. The van der Waals surface area contributed by atoms with Crippen molar-refractivity contribution in [2.75, 3.05) is 0 Å². The summed E-state index contributed by atoms with van der Waals surface area (Å²) in [5.74, 6) is 0.764. The molecule has 2 rings (SSSR count). The Balaban J connectivity index is 2.35. The van der Waals surface area contributed by atoms with E-state index in [2.05, 4.69) is 22.0 Å². The lowest BCUT2D eigenvalue weighted by Crippen LogP contribution is -1.86.